The Hall–Kier alpha value is 0.360. The summed E-state index contributed by atoms with van der Waals surface area (Å²) in [5.74, 6) is -0.421. The van der Waals surface area contributed by atoms with E-state index in [1.807, 2.05) is 45.2 Å². The van der Waals surface area contributed by atoms with Crippen LogP contribution in [0.2, 0.25) is 0 Å². The molecular weight excluding hydrogens is 452 g/mol. The number of hydrogen-bond acceptors (Lipinski definition) is 5. The van der Waals surface area contributed by atoms with E-state index in [4.69, 9.17) is 9.47 Å². The number of alkyl halides is 2. The van der Waals surface area contributed by atoms with Gasteiger partial charge < -0.3 is 14.8 Å². The van der Waals surface area contributed by atoms with Crippen molar-refractivity contribution < 1.29 is 19.1 Å². The lowest BCUT2D eigenvalue weighted by molar-refractivity contribution is -0.142. The van der Waals surface area contributed by atoms with Crippen molar-refractivity contribution in [2.75, 3.05) is 26.3 Å². The fraction of sp³-hybridized carbons (Fsp3) is 0.800. The van der Waals surface area contributed by atoms with E-state index in [1.54, 1.807) is 13.8 Å². The van der Waals surface area contributed by atoms with Gasteiger partial charge in [0.15, 0.2) is 0 Å². The van der Waals surface area contributed by atoms with E-state index in [1.165, 1.54) is 0 Å². The molecule has 0 aromatic rings. The highest BCUT2D eigenvalue weighted by molar-refractivity contribution is 14.1. The maximum Gasteiger partial charge on any atom is 0.318 e. The minimum atomic E-state index is -0.211. The molecule has 0 aliphatic carbocycles. The molecule has 0 aliphatic rings. The zero-order valence-corrected chi connectivity index (χ0v) is 14.2. The summed E-state index contributed by atoms with van der Waals surface area (Å²) in [6.07, 6.45) is 0. The SMILES string of the molecule is CC(I)C(=O)OCCNCCOC(=O)C(C)I. The summed E-state index contributed by atoms with van der Waals surface area (Å²) >= 11 is 4.01. The van der Waals surface area contributed by atoms with E-state index in [9.17, 15) is 9.59 Å². The van der Waals surface area contributed by atoms with Gasteiger partial charge in [-0.25, -0.2) is 0 Å². The van der Waals surface area contributed by atoms with Gasteiger partial charge in [-0.05, 0) is 13.8 Å². The van der Waals surface area contributed by atoms with Crippen LogP contribution in [0.3, 0.4) is 0 Å². The first-order valence-electron chi connectivity index (χ1n) is 5.27. The lowest BCUT2D eigenvalue weighted by atomic mass is 10.5. The van der Waals surface area contributed by atoms with Gasteiger partial charge in [-0.2, -0.15) is 0 Å². The van der Waals surface area contributed by atoms with Crippen molar-refractivity contribution in [1.29, 1.82) is 0 Å². The monoisotopic (exact) mass is 469 g/mol. The number of carbonyl (C=O) groups excluding carboxylic acids is 2. The Balaban J connectivity index is 3.30. The minimum Gasteiger partial charge on any atom is -0.464 e. The molecule has 100 valence electrons. The summed E-state index contributed by atoms with van der Waals surface area (Å²) in [7, 11) is 0. The zero-order valence-electron chi connectivity index (χ0n) is 9.87. The van der Waals surface area contributed by atoms with Crippen molar-refractivity contribution >= 4 is 57.1 Å². The van der Waals surface area contributed by atoms with Crippen LogP contribution < -0.4 is 5.32 Å². The Bertz CT molecular complexity index is 222. The van der Waals surface area contributed by atoms with E-state index in [0.717, 1.165) is 0 Å². The summed E-state index contributed by atoms with van der Waals surface area (Å²) in [6, 6.07) is 0. The highest BCUT2D eigenvalue weighted by Gasteiger charge is 2.10. The van der Waals surface area contributed by atoms with E-state index in [2.05, 4.69) is 5.32 Å². The first-order valence-corrected chi connectivity index (χ1v) is 7.76. The molecule has 0 aromatic heterocycles. The van der Waals surface area contributed by atoms with Crippen LogP contribution >= 0.6 is 45.2 Å². The lowest BCUT2D eigenvalue weighted by Gasteiger charge is -2.08. The Morgan fingerprint density at radius 2 is 1.35 bits per heavy atom. The maximum absolute atomic E-state index is 11.1. The second-order valence-electron chi connectivity index (χ2n) is 3.32. The summed E-state index contributed by atoms with van der Waals surface area (Å²) in [5, 5.41) is 3.01. The topological polar surface area (TPSA) is 64.6 Å². The molecule has 0 aliphatic heterocycles. The molecular formula is C10H17I2NO4. The Kier molecular flexibility index (Phi) is 10.5. The van der Waals surface area contributed by atoms with Gasteiger partial charge in [0.2, 0.25) is 0 Å². The molecule has 0 fully saturated rings. The predicted molar refractivity (Wildman–Crippen MR) is 81.8 cm³/mol. The molecule has 5 nitrogen and oxygen atoms in total. The molecule has 0 aromatic carbocycles. The van der Waals surface area contributed by atoms with Crippen molar-refractivity contribution in [2.45, 2.75) is 21.7 Å². The predicted octanol–water partition coefficient (Wildman–Crippen LogP) is 1.31. The van der Waals surface area contributed by atoms with Crippen LogP contribution in [0.15, 0.2) is 0 Å². The molecule has 0 amide bonds. The Morgan fingerprint density at radius 3 is 1.65 bits per heavy atom. The van der Waals surface area contributed by atoms with E-state index in [-0.39, 0.29) is 19.8 Å². The zero-order chi connectivity index (χ0) is 13.3. The normalized spacial score (nSPS) is 13.9. The van der Waals surface area contributed by atoms with Gasteiger partial charge in [-0.1, -0.05) is 45.2 Å². The van der Waals surface area contributed by atoms with Crippen LogP contribution in [0.4, 0.5) is 0 Å². The number of esters is 2. The van der Waals surface area contributed by atoms with Crippen molar-refractivity contribution in [1.82, 2.24) is 5.32 Å². The first-order chi connectivity index (χ1) is 7.95. The number of rotatable bonds is 8. The van der Waals surface area contributed by atoms with Crippen LogP contribution in [0.25, 0.3) is 0 Å². The van der Waals surface area contributed by atoms with Crippen LogP contribution in [-0.2, 0) is 19.1 Å². The molecule has 1 N–H and O–H groups in total. The van der Waals surface area contributed by atoms with Crippen LogP contribution in [0.1, 0.15) is 13.8 Å². The fourth-order valence-corrected chi connectivity index (χ4v) is 1.16. The van der Waals surface area contributed by atoms with Gasteiger partial charge in [0.25, 0.3) is 0 Å². The van der Waals surface area contributed by atoms with E-state index < -0.39 is 0 Å². The van der Waals surface area contributed by atoms with Gasteiger partial charge in [0, 0.05) is 13.1 Å². The van der Waals surface area contributed by atoms with Crippen LogP contribution in [0, 0.1) is 0 Å². The average molecular weight is 469 g/mol. The second-order valence-corrected chi connectivity index (χ2v) is 7.05. The molecule has 0 saturated carbocycles. The van der Waals surface area contributed by atoms with Gasteiger partial charge in [0.1, 0.15) is 21.1 Å². The third kappa shape index (κ3) is 10.0. The van der Waals surface area contributed by atoms with Gasteiger partial charge in [-0.15, -0.1) is 0 Å². The van der Waals surface area contributed by atoms with Gasteiger partial charge in [0.05, 0.1) is 0 Å². The number of carbonyl (C=O) groups is 2. The smallest absolute Gasteiger partial charge is 0.318 e. The largest absolute Gasteiger partial charge is 0.464 e. The third-order valence-electron chi connectivity index (χ3n) is 1.70. The van der Waals surface area contributed by atoms with Crippen molar-refractivity contribution in [3.63, 3.8) is 0 Å². The summed E-state index contributed by atoms with van der Waals surface area (Å²) in [5.41, 5.74) is 0. The molecule has 2 atom stereocenters. The minimum absolute atomic E-state index is 0.126. The molecule has 0 saturated heterocycles. The number of nitrogens with one attached hydrogen (secondary N) is 1. The Labute approximate surface area is 129 Å². The number of hydrogen-bond donors (Lipinski definition) is 1. The molecule has 0 bridgehead atoms. The average Bonchev–Trinajstić information content (AvgIpc) is 2.26. The van der Waals surface area contributed by atoms with E-state index in [0.29, 0.717) is 26.3 Å². The van der Waals surface area contributed by atoms with Crippen molar-refractivity contribution in [3.05, 3.63) is 0 Å². The lowest BCUT2D eigenvalue weighted by Crippen LogP contribution is -2.28. The summed E-state index contributed by atoms with van der Waals surface area (Å²) < 4.78 is 9.65. The molecule has 2 unspecified atom stereocenters. The highest BCUT2D eigenvalue weighted by atomic mass is 127. The highest BCUT2D eigenvalue weighted by Crippen LogP contribution is 2.00. The standard InChI is InChI=1S/C10H17I2NO4/c1-7(11)9(14)16-5-3-13-4-6-17-10(15)8(2)12/h7-8,13H,3-6H2,1-2H3. The summed E-state index contributed by atoms with van der Waals surface area (Å²) in [6.45, 7) is 5.35. The summed E-state index contributed by atoms with van der Waals surface area (Å²) in [4.78, 5) is 22.1. The van der Waals surface area contributed by atoms with Crippen LogP contribution in [0.5, 0.6) is 0 Å². The second kappa shape index (κ2) is 10.3. The molecule has 0 rings (SSSR count). The van der Waals surface area contributed by atoms with Gasteiger partial charge in [-0.3, -0.25) is 9.59 Å². The first kappa shape index (κ1) is 17.4. The van der Waals surface area contributed by atoms with Gasteiger partial charge >= 0.3 is 11.9 Å². The van der Waals surface area contributed by atoms with E-state index >= 15 is 0 Å². The molecule has 0 spiro atoms. The van der Waals surface area contributed by atoms with Crippen LogP contribution in [-0.4, -0.2) is 46.1 Å². The number of halogens is 2. The fourth-order valence-electron chi connectivity index (χ4n) is 0.802. The molecule has 7 heteroatoms. The molecule has 0 heterocycles. The molecule has 17 heavy (non-hydrogen) atoms. The number of ether oxygens (including phenoxy) is 2. The maximum atomic E-state index is 11.1. The Morgan fingerprint density at radius 1 is 1.00 bits per heavy atom. The quantitative estimate of drug-likeness (QED) is 0.252. The van der Waals surface area contributed by atoms with Crippen molar-refractivity contribution in [3.8, 4) is 0 Å². The van der Waals surface area contributed by atoms with Crippen molar-refractivity contribution in [2.24, 2.45) is 0 Å². The molecule has 0 radical (unpaired) electrons. The third-order valence-corrected chi connectivity index (χ3v) is 2.71.